The van der Waals surface area contributed by atoms with E-state index in [4.69, 9.17) is 14.7 Å². The lowest BCUT2D eigenvalue weighted by atomic mass is 10.1. The molecule has 0 fully saturated rings. The molecule has 1 N–H and O–H groups in total. The number of nitrogens with one attached hydrogen (secondary N) is 1. The first-order valence-electron chi connectivity index (χ1n) is 9.08. The summed E-state index contributed by atoms with van der Waals surface area (Å²) in [6.45, 7) is 0.160. The molecule has 0 spiro atoms. The molecule has 6 nitrogen and oxygen atoms in total. The molecule has 0 radical (unpaired) electrons. The molecule has 3 aromatic carbocycles. The van der Waals surface area contributed by atoms with Gasteiger partial charge in [0.1, 0.15) is 18.2 Å². The van der Waals surface area contributed by atoms with E-state index in [-0.39, 0.29) is 23.6 Å². The third-order valence-electron chi connectivity index (χ3n) is 4.19. The minimum atomic E-state index is -0.812. The maximum absolute atomic E-state index is 13.9. The maximum Gasteiger partial charge on any atom is 0.274 e. The standard InChI is InChI=1S/C23H17F2N3O3/c1-30-22-11-16(6-8-21(22)31-14-17-3-2-4-18(24)9-17)13-27-28-23(29)19-7-5-15(12-26)10-20(19)25/h2-11,13H,14H2,1H3,(H,28,29)/b27-13-. The summed E-state index contributed by atoms with van der Waals surface area (Å²) in [6, 6.07) is 16.4. The number of amides is 1. The van der Waals surface area contributed by atoms with E-state index in [9.17, 15) is 13.6 Å². The molecule has 8 heteroatoms. The third kappa shape index (κ3) is 5.64. The van der Waals surface area contributed by atoms with Gasteiger partial charge in [-0.25, -0.2) is 14.2 Å². The van der Waals surface area contributed by atoms with Crippen LogP contribution in [0.4, 0.5) is 8.78 Å². The van der Waals surface area contributed by atoms with Gasteiger partial charge in [0.2, 0.25) is 0 Å². The van der Waals surface area contributed by atoms with Crippen molar-refractivity contribution in [2.75, 3.05) is 7.11 Å². The summed E-state index contributed by atoms with van der Waals surface area (Å²) in [5, 5.41) is 12.6. The quantitative estimate of drug-likeness (QED) is 0.458. The molecule has 0 aromatic heterocycles. The summed E-state index contributed by atoms with van der Waals surface area (Å²) in [6.07, 6.45) is 1.36. The molecule has 3 aromatic rings. The number of benzene rings is 3. The fourth-order valence-electron chi connectivity index (χ4n) is 2.67. The van der Waals surface area contributed by atoms with Crippen molar-refractivity contribution < 1.29 is 23.0 Å². The number of methoxy groups -OCH3 is 1. The number of hydrazone groups is 1. The van der Waals surface area contributed by atoms with Crippen LogP contribution in [0, 0.1) is 23.0 Å². The van der Waals surface area contributed by atoms with E-state index in [1.807, 2.05) is 0 Å². The van der Waals surface area contributed by atoms with Crippen LogP contribution in [-0.4, -0.2) is 19.2 Å². The van der Waals surface area contributed by atoms with Crippen molar-refractivity contribution >= 4 is 12.1 Å². The highest BCUT2D eigenvalue weighted by Crippen LogP contribution is 2.28. The number of ether oxygens (including phenoxy) is 2. The normalized spacial score (nSPS) is 10.5. The zero-order valence-corrected chi connectivity index (χ0v) is 16.4. The van der Waals surface area contributed by atoms with Crippen molar-refractivity contribution in [3.05, 3.63) is 94.6 Å². The van der Waals surface area contributed by atoms with Crippen LogP contribution in [0.1, 0.15) is 27.0 Å². The Morgan fingerprint density at radius 2 is 1.97 bits per heavy atom. The zero-order chi connectivity index (χ0) is 22.2. The number of carbonyl (C=O) groups excluding carboxylic acids is 1. The van der Waals surface area contributed by atoms with Crippen LogP contribution in [0.3, 0.4) is 0 Å². The van der Waals surface area contributed by atoms with Gasteiger partial charge in [-0.15, -0.1) is 0 Å². The molecule has 0 aliphatic rings. The first-order chi connectivity index (χ1) is 15.0. The Morgan fingerprint density at radius 1 is 1.13 bits per heavy atom. The predicted octanol–water partition coefficient (Wildman–Crippen LogP) is 4.19. The molecule has 0 atom stereocenters. The van der Waals surface area contributed by atoms with Crippen LogP contribution in [0.5, 0.6) is 11.5 Å². The molecule has 0 saturated heterocycles. The van der Waals surface area contributed by atoms with Crippen LogP contribution in [0.2, 0.25) is 0 Å². The highest BCUT2D eigenvalue weighted by molar-refractivity contribution is 5.95. The monoisotopic (exact) mass is 421 g/mol. The number of rotatable bonds is 7. The van der Waals surface area contributed by atoms with E-state index in [1.165, 1.54) is 37.6 Å². The van der Waals surface area contributed by atoms with Crippen molar-refractivity contribution in [1.29, 1.82) is 5.26 Å². The minimum absolute atomic E-state index is 0.115. The Hall–Kier alpha value is -4.25. The molecule has 1 amide bonds. The fourth-order valence-corrected chi connectivity index (χ4v) is 2.67. The van der Waals surface area contributed by atoms with E-state index in [2.05, 4.69) is 10.5 Å². The van der Waals surface area contributed by atoms with Crippen LogP contribution < -0.4 is 14.9 Å². The molecule has 0 aliphatic carbocycles. The summed E-state index contributed by atoms with van der Waals surface area (Å²) < 4.78 is 38.2. The van der Waals surface area contributed by atoms with Crippen molar-refractivity contribution in [3.63, 3.8) is 0 Å². The number of carbonyl (C=O) groups is 1. The summed E-state index contributed by atoms with van der Waals surface area (Å²) in [5.41, 5.74) is 3.38. The molecule has 156 valence electrons. The Kier molecular flexibility index (Phi) is 6.91. The summed E-state index contributed by atoms with van der Waals surface area (Å²) in [7, 11) is 1.47. The van der Waals surface area contributed by atoms with Crippen molar-refractivity contribution in [1.82, 2.24) is 5.43 Å². The van der Waals surface area contributed by atoms with Gasteiger partial charge in [-0.1, -0.05) is 12.1 Å². The lowest BCUT2D eigenvalue weighted by Gasteiger charge is -2.11. The highest BCUT2D eigenvalue weighted by Gasteiger charge is 2.11. The van der Waals surface area contributed by atoms with E-state index in [0.29, 0.717) is 22.6 Å². The van der Waals surface area contributed by atoms with Crippen LogP contribution in [0.25, 0.3) is 0 Å². The first-order valence-corrected chi connectivity index (χ1v) is 9.08. The Labute approximate surface area is 177 Å². The molecule has 0 heterocycles. The summed E-state index contributed by atoms with van der Waals surface area (Å²) >= 11 is 0. The van der Waals surface area contributed by atoms with Gasteiger partial charge in [-0.05, 0) is 59.7 Å². The molecule has 3 rings (SSSR count). The largest absolute Gasteiger partial charge is 0.493 e. The Morgan fingerprint density at radius 3 is 2.68 bits per heavy atom. The van der Waals surface area contributed by atoms with E-state index >= 15 is 0 Å². The molecular formula is C23H17F2N3O3. The Balaban J connectivity index is 1.64. The number of nitriles is 1. The van der Waals surface area contributed by atoms with Gasteiger partial charge >= 0.3 is 0 Å². The maximum atomic E-state index is 13.9. The van der Waals surface area contributed by atoms with Crippen molar-refractivity contribution in [2.45, 2.75) is 6.61 Å². The SMILES string of the molecule is COc1cc(/C=N\NC(=O)c2ccc(C#N)cc2F)ccc1OCc1cccc(F)c1. The number of hydrogen-bond acceptors (Lipinski definition) is 5. The van der Waals surface area contributed by atoms with Gasteiger partial charge < -0.3 is 9.47 Å². The van der Waals surface area contributed by atoms with Gasteiger partial charge in [-0.3, -0.25) is 4.79 Å². The van der Waals surface area contributed by atoms with E-state index in [0.717, 1.165) is 6.07 Å². The van der Waals surface area contributed by atoms with Gasteiger partial charge in [0.25, 0.3) is 5.91 Å². The van der Waals surface area contributed by atoms with Gasteiger partial charge in [0.15, 0.2) is 11.5 Å². The first kappa shape index (κ1) is 21.5. The lowest BCUT2D eigenvalue weighted by Crippen LogP contribution is -2.19. The predicted molar refractivity (Wildman–Crippen MR) is 110 cm³/mol. The van der Waals surface area contributed by atoms with Gasteiger partial charge in [-0.2, -0.15) is 10.4 Å². The van der Waals surface area contributed by atoms with Crippen LogP contribution in [0.15, 0.2) is 65.8 Å². The van der Waals surface area contributed by atoms with E-state index < -0.39 is 11.7 Å². The smallest absolute Gasteiger partial charge is 0.274 e. The summed E-state index contributed by atoms with van der Waals surface area (Å²) in [4.78, 5) is 12.1. The molecule has 0 unspecified atom stereocenters. The molecular weight excluding hydrogens is 404 g/mol. The second kappa shape index (κ2) is 9.98. The van der Waals surface area contributed by atoms with Crippen LogP contribution >= 0.6 is 0 Å². The Bertz CT molecular complexity index is 1170. The molecule has 0 saturated carbocycles. The average molecular weight is 421 g/mol. The molecule has 0 bridgehead atoms. The van der Waals surface area contributed by atoms with Crippen molar-refractivity contribution in [2.24, 2.45) is 5.10 Å². The second-order valence-corrected chi connectivity index (χ2v) is 6.33. The van der Waals surface area contributed by atoms with Gasteiger partial charge in [0, 0.05) is 0 Å². The molecule has 0 aliphatic heterocycles. The summed E-state index contributed by atoms with van der Waals surface area (Å²) in [5.74, 6) is -1.03. The number of hydrogen-bond donors (Lipinski definition) is 1. The number of nitrogens with zero attached hydrogens (tertiary/aromatic N) is 2. The third-order valence-corrected chi connectivity index (χ3v) is 4.19. The van der Waals surface area contributed by atoms with Crippen molar-refractivity contribution in [3.8, 4) is 17.6 Å². The lowest BCUT2D eigenvalue weighted by molar-refractivity contribution is 0.0951. The fraction of sp³-hybridized carbons (Fsp3) is 0.0870. The topological polar surface area (TPSA) is 83.7 Å². The highest BCUT2D eigenvalue weighted by atomic mass is 19.1. The van der Waals surface area contributed by atoms with Crippen LogP contribution in [-0.2, 0) is 6.61 Å². The average Bonchev–Trinajstić information content (AvgIpc) is 2.77. The molecule has 31 heavy (non-hydrogen) atoms. The zero-order valence-electron chi connectivity index (χ0n) is 16.4. The van der Waals surface area contributed by atoms with Gasteiger partial charge in [0.05, 0.1) is 30.5 Å². The number of halogens is 2. The van der Waals surface area contributed by atoms with E-state index in [1.54, 1.807) is 36.4 Å². The minimum Gasteiger partial charge on any atom is -0.493 e. The second-order valence-electron chi connectivity index (χ2n) is 6.33.